The highest BCUT2D eigenvalue weighted by Crippen LogP contribution is 2.60. The maximum atomic E-state index is 6.12. The van der Waals surface area contributed by atoms with Crippen molar-refractivity contribution in [2.24, 2.45) is 34.0 Å². The van der Waals surface area contributed by atoms with Crippen LogP contribution in [0.3, 0.4) is 0 Å². The van der Waals surface area contributed by atoms with Crippen molar-refractivity contribution in [3.8, 4) is 5.75 Å². The molecule has 4 bridgehead atoms. The Balaban J connectivity index is 1.17. The van der Waals surface area contributed by atoms with Crippen LogP contribution in [-0.2, 0) is 10.3 Å². The van der Waals surface area contributed by atoms with Gasteiger partial charge in [-0.05, 0) is 96.6 Å². The Morgan fingerprint density at radius 1 is 0.935 bits per heavy atom. The summed E-state index contributed by atoms with van der Waals surface area (Å²) in [7, 11) is 0. The van der Waals surface area contributed by atoms with Gasteiger partial charge in [0.2, 0.25) is 0 Å². The van der Waals surface area contributed by atoms with Crippen molar-refractivity contribution in [3.05, 3.63) is 29.8 Å². The first-order valence-electron chi connectivity index (χ1n) is 12.6. The summed E-state index contributed by atoms with van der Waals surface area (Å²) in [5.41, 5.74) is 2.40. The third-order valence-corrected chi connectivity index (χ3v) is 9.01. The zero-order chi connectivity index (χ0) is 21.9. The van der Waals surface area contributed by atoms with Gasteiger partial charge in [0.25, 0.3) is 0 Å². The molecule has 0 radical (unpaired) electrons. The second-order valence-corrected chi connectivity index (χ2v) is 13.4. The Morgan fingerprint density at radius 3 is 1.97 bits per heavy atom. The van der Waals surface area contributed by atoms with E-state index in [2.05, 4.69) is 64.2 Å². The number of nitrogens with one attached hydrogen (secondary N) is 1. The predicted octanol–water partition coefficient (Wildman–Crippen LogP) is 6.52. The van der Waals surface area contributed by atoms with Crippen LogP contribution in [0.4, 0.5) is 0 Å². The van der Waals surface area contributed by atoms with Gasteiger partial charge in [0, 0.05) is 6.54 Å². The molecular weight excluding hydrogens is 382 g/mol. The fourth-order valence-corrected chi connectivity index (χ4v) is 8.02. The summed E-state index contributed by atoms with van der Waals surface area (Å²) in [5, 5.41) is 3.79. The molecule has 3 nitrogen and oxygen atoms in total. The average Bonchev–Trinajstić information content (AvgIpc) is 2.67. The van der Waals surface area contributed by atoms with Crippen LogP contribution in [0.2, 0.25) is 0 Å². The minimum atomic E-state index is 0.0405. The van der Waals surface area contributed by atoms with Crippen molar-refractivity contribution in [3.63, 3.8) is 0 Å². The molecule has 5 fully saturated rings. The van der Waals surface area contributed by atoms with Gasteiger partial charge >= 0.3 is 0 Å². The summed E-state index contributed by atoms with van der Waals surface area (Å²) in [6, 6.07) is 8.77. The van der Waals surface area contributed by atoms with E-state index in [0.717, 1.165) is 43.1 Å². The molecule has 1 saturated heterocycles. The molecule has 1 unspecified atom stereocenters. The summed E-state index contributed by atoms with van der Waals surface area (Å²) in [6.45, 7) is 14.1. The molecule has 4 saturated carbocycles. The summed E-state index contributed by atoms with van der Waals surface area (Å²) < 4.78 is 12.1. The number of rotatable bonds is 7. The van der Waals surface area contributed by atoms with Crippen molar-refractivity contribution < 1.29 is 9.47 Å². The lowest BCUT2D eigenvalue weighted by Crippen LogP contribution is -2.69. The Morgan fingerprint density at radius 2 is 1.52 bits per heavy atom. The van der Waals surface area contributed by atoms with Gasteiger partial charge in [0.05, 0.1) is 12.1 Å². The Bertz CT molecular complexity index is 755. The standard InChI is InChI=1S/C28H43NO2/c1-25(2,3)16-28(26(4,5)17-29-28)23-6-8-24(9-7-23)31-19-30-18-27-13-20-10-21(14-27)12-22(11-20)15-27/h6-9,20-22,29H,10-19H2,1-5H3. The third-order valence-electron chi connectivity index (χ3n) is 9.01. The van der Waals surface area contributed by atoms with E-state index in [1.54, 1.807) is 0 Å². The molecule has 6 rings (SSSR count). The monoisotopic (exact) mass is 425 g/mol. The SMILES string of the molecule is CC(C)(C)CC1(c2ccc(OCOCC34CC5CC(CC(C5)C3)C4)cc2)NCC1(C)C. The van der Waals surface area contributed by atoms with E-state index in [4.69, 9.17) is 9.47 Å². The third kappa shape index (κ3) is 4.06. The second kappa shape index (κ2) is 7.48. The lowest BCUT2D eigenvalue weighted by atomic mass is 9.50. The van der Waals surface area contributed by atoms with Gasteiger partial charge in [-0.25, -0.2) is 0 Å². The van der Waals surface area contributed by atoms with Crippen LogP contribution < -0.4 is 10.1 Å². The zero-order valence-corrected chi connectivity index (χ0v) is 20.4. The van der Waals surface area contributed by atoms with Gasteiger partial charge in [-0.2, -0.15) is 0 Å². The summed E-state index contributed by atoms with van der Waals surface area (Å²) in [6.07, 6.45) is 9.78. The highest BCUT2D eigenvalue weighted by atomic mass is 16.7. The van der Waals surface area contributed by atoms with Gasteiger partial charge in [0.1, 0.15) is 5.75 Å². The second-order valence-electron chi connectivity index (χ2n) is 13.4. The number of hydrogen-bond acceptors (Lipinski definition) is 3. The molecular formula is C28H43NO2. The van der Waals surface area contributed by atoms with Crippen LogP contribution in [0.15, 0.2) is 24.3 Å². The first-order chi connectivity index (χ1) is 14.6. The van der Waals surface area contributed by atoms with Crippen molar-refractivity contribution in [2.75, 3.05) is 19.9 Å². The van der Waals surface area contributed by atoms with Crippen LogP contribution in [0.25, 0.3) is 0 Å². The first-order valence-corrected chi connectivity index (χ1v) is 12.6. The van der Waals surface area contributed by atoms with Gasteiger partial charge in [-0.1, -0.05) is 46.8 Å². The van der Waals surface area contributed by atoms with Crippen LogP contribution >= 0.6 is 0 Å². The van der Waals surface area contributed by atoms with Crippen molar-refractivity contribution in [1.82, 2.24) is 5.32 Å². The molecule has 31 heavy (non-hydrogen) atoms. The van der Waals surface area contributed by atoms with Crippen molar-refractivity contribution in [1.29, 1.82) is 0 Å². The van der Waals surface area contributed by atoms with E-state index in [1.807, 2.05) is 0 Å². The molecule has 5 aliphatic rings. The van der Waals surface area contributed by atoms with Crippen molar-refractivity contribution >= 4 is 0 Å². The van der Waals surface area contributed by atoms with E-state index in [-0.39, 0.29) is 16.4 Å². The van der Waals surface area contributed by atoms with Gasteiger partial charge in [-0.15, -0.1) is 0 Å². The van der Waals surface area contributed by atoms with Crippen LogP contribution in [0, 0.1) is 34.0 Å². The van der Waals surface area contributed by atoms with E-state index in [0.29, 0.717) is 12.2 Å². The van der Waals surface area contributed by atoms with Gasteiger partial charge in [-0.3, -0.25) is 0 Å². The average molecular weight is 426 g/mol. The minimum Gasteiger partial charge on any atom is -0.468 e. The summed E-state index contributed by atoms with van der Waals surface area (Å²) in [4.78, 5) is 0. The van der Waals surface area contributed by atoms with Crippen LogP contribution in [0.5, 0.6) is 5.75 Å². The van der Waals surface area contributed by atoms with Crippen LogP contribution in [-0.4, -0.2) is 19.9 Å². The smallest absolute Gasteiger partial charge is 0.189 e. The molecule has 1 aromatic rings. The molecule has 0 amide bonds. The molecule has 1 atom stereocenters. The molecule has 172 valence electrons. The van der Waals surface area contributed by atoms with Gasteiger partial charge in [0.15, 0.2) is 6.79 Å². The Hall–Kier alpha value is -1.06. The van der Waals surface area contributed by atoms with Crippen molar-refractivity contribution in [2.45, 2.75) is 85.1 Å². The summed E-state index contributed by atoms with van der Waals surface area (Å²) >= 11 is 0. The fraction of sp³-hybridized carbons (Fsp3) is 0.786. The molecule has 3 heteroatoms. The highest BCUT2D eigenvalue weighted by molar-refractivity contribution is 5.36. The molecule has 0 aromatic heterocycles. The van der Waals surface area contributed by atoms with Crippen LogP contribution in [0.1, 0.15) is 85.1 Å². The molecule has 1 heterocycles. The minimum absolute atomic E-state index is 0.0405. The maximum absolute atomic E-state index is 6.12. The molecule has 1 N–H and O–H groups in total. The number of hydrogen-bond donors (Lipinski definition) is 1. The summed E-state index contributed by atoms with van der Waals surface area (Å²) in [5.74, 6) is 3.85. The van der Waals surface area contributed by atoms with E-state index >= 15 is 0 Å². The van der Waals surface area contributed by atoms with E-state index < -0.39 is 0 Å². The predicted molar refractivity (Wildman–Crippen MR) is 126 cm³/mol. The number of ether oxygens (including phenoxy) is 2. The highest BCUT2D eigenvalue weighted by Gasteiger charge is 2.55. The fourth-order valence-electron chi connectivity index (χ4n) is 8.02. The Labute approximate surface area is 189 Å². The maximum Gasteiger partial charge on any atom is 0.189 e. The lowest BCUT2D eigenvalue weighted by molar-refractivity contribution is -0.116. The largest absolute Gasteiger partial charge is 0.468 e. The zero-order valence-electron chi connectivity index (χ0n) is 20.4. The lowest BCUT2D eigenvalue weighted by Gasteiger charge is -2.60. The van der Waals surface area contributed by atoms with E-state index in [1.165, 1.54) is 44.1 Å². The molecule has 0 spiro atoms. The molecule has 1 aromatic carbocycles. The quantitative estimate of drug-likeness (QED) is 0.399. The normalized spacial score (nSPS) is 38.2. The molecule has 4 aliphatic carbocycles. The first kappa shape index (κ1) is 21.8. The van der Waals surface area contributed by atoms with Gasteiger partial charge < -0.3 is 14.8 Å². The Kier molecular flexibility index (Phi) is 5.26. The van der Waals surface area contributed by atoms with E-state index in [9.17, 15) is 0 Å². The molecule has 1 aliphatic heterocycles. The number of benzene rings is 1. The topological polar surface area (TPSA) is 30.5 Å².